The van der Waals surface area contributed by atoms with Crippen LogP contribution in [0.2, 0.25) is 0 Å². The minimum Gasteiger partial charge on any atom is -0.507 e. The summed E-state index contributed by atoms with van der Waals surface area (Å²) in [4.78, 5) is 21.4. The van der Waals surface area contributed by atoms with Crippen LogP contribution in [0.4, 0.5) is 0 Å². The Morgan fingerprint density at radius 3 is 2.66 bits per heavy atom. The molecule has 1 saturated heterocycles. The number of carbonyl (C=O) groups is 1. The van der Waals surface area contributed by atoms with E-state index in [1.54, 1.807) is 6.07 Å². The molecule has 0 saturated carbocycles. The van der Waals surface area contributed by atoms with Crippen molar-refractivity contribution < 1.29 is 9.90 Å². The number of allylic oxidation sites excluding steroid dienone is 3. The van der Waals surface area contributed by atoms with Gasteiger partial charge in [0.1, 0.15) is 11.5 Å². The lowest BCUT2D eigenvalue weighted by Gasteiger charge is -2.33. The average Bonchev–Trinajstić information content (AvgIpc) is 2.97. The highest BCUT2D eigenvalue weighted by atomic mass is 35.5. The van der Waals surface area contributed by atoms with Gasteiger partial charge in [-0.05, 0) is 68.5 Å². The molecule has 1 spiro atoms. The van der Waals surface area contributed by atoms with Gasteiger partial charge in [0.15, 0.2) is 0 Å². The summed E-state index contributed by atoms with van der Waals surface area (Å²) >= 11 is 0. The van der Waals surface area contributed by atoms with E-state index in [9.17, 15) is 9.90 Å². The molecule has 0 aromatic heterocycles. The molecular weight excluding hydrogens is 456 g/mol. The van der Waals surface area contributed by atoms with Crippen LogP contribution in [0.1, 0.15) is 43.2 Å². The van der Waals surface area contributed by atoms with Crippen LogP contribution < -0.4 is 0 Å². The summed E-state index contributed by atoms with van der Waals surface area (Å²) in [5.41, 5.74) is 3.28. The molecule has 2 aromatic carbocycles. The van der Waals surface area contributed by atoms with Crippen molar-refractivity contribution >= 4 is 29.5 Å². The van der Waals surface area contributed by atoms with E-state index in [-0.39, 0.29) is 29.9 Å². The quantitative estimate of drug-likeness (QED) is 0.575. The number of aliphatic imine (C=N–C) groups is 1. The molecule has 1 N–H and O–H groups in total. The Hall–Kier alpha value is -2.69. The lowest BCUT2D eigenvalue weighted by atomic mass is 9.72. The number of para-hydroxylation sites is 1. The fraction of sp³-hybridized carbons (Fsp3) is 0.400. The zero-order chi connectivity index (χ0) is 23.5. The number of benzene rings is 2. The molecule has 2 heterocycles. The van der Waals surface area contributed by atoms with E-state index in [4.69, 9.17) is 4.99 Å². The number of hydrogen-bond acceptors (Lipinski definition) is 4. The van der Waals surface area contributed by atoms with Crippen LogP contribution in [0.3, 0.4) is 0 Å². The number of rotatable bonds is 4. The second-order valence-corrected chi connectivity index (χ2v) is 10.3. The molecule has 3 aliphatic rings. The number of piperidine rings is 1. The van der Waals surface area contributed by atoms with Gasteiger partial charge >= 0.3 is 0 Å². The number of phenolic OH excluding ortho intramolecular Hbond substituents is 1. The van der Waals surface area contributed by atoms with E-state index in [0.29, 0.717) is 25.3 Å². The maximum Gasteiger partial charge on any atom is 0.145 e. The molecule has 3 unspecified atom stereocenters. The topological polar surface area (TPSA) is 52.9 Å². The highest BCUT2D eigenvalue weighted by Crippen LogP contribution is 2.41. The van der Waals surface area contributed by atoms with Crippen molar-refractivity contribution in [1.82, 2.24) is 4.90 Å². The van der Waals surface area contributed by atoms with Crippen LogP contribution in [-0.4, -0.2) is 48.2 Å². The van der Waals surface area contributed by atoms with E-state index in [1.807, 2.05) is 36.4 Å². The van der Waals surface area contributed by atoms with Crippen molar-refractivity contribution in [2.75, 3.05) is 26.7 Å². The molecule has 1 fully saturated rings. The molecule has 3 atom stereocenters. The summed E-state index contributed by atoms with van der Waals surface area (Å²) in [7, 11) is 2.18. The fourth-order valence-electron chi connectivity index (χ4n) is 5.94. The van der Waals surface area contributed by atoms with Crippen LogP contribution in [0.25, 0.3) is 5.57 Å². The number of aromatic hydroxyl groups is 1. The summed E-state index contributed by atoms with van der Waals surface area (Å²) in [6.07, 6.45) is 10.9. The lowest BCUT2D eigenvalue weighted by molar-refractivity contribution is -0.126. The van der Waals surface area contributed by atoms with Gasteiger partial charge in [-0.2, -0.15) is 0 Å². The van der Waals surface area contributed by atoms with Gasteiger partial charge in [-0.25, -0.2) is 0 Å². The van der Waals surface area contributed by atoms with Crippen LogP contribution in [0.5, 0.6) is 5.75 Å². The molecule has 4 nitrogen and oxygen atoms in total. The zero-order valence-corrected chi connectivity index (χ0v) is 21.2. The van der Waals surface area contributed by atoms with E-state index in [2.05, 4.69) is 42.3 Å². The Bertz CT molecular complexity index is 1140. The number of ketones is 1. The average molecular weight is 491 g/mol. The molecule has 5 heteroatoms. The fourth-order valence-corrected chi connectivity index (χ4v) is 5.94. The molecule has 2 aliphatic heterocycles. The number of carbonyl (C=O) groups excluding carboxylic acids is 1. The monoisotopic (exact) mass is 490 g/mol. The summed E-state index contributed by atoms with van der Waals surface area (Å²) < 4.78 is 0. The first-order chi connectivity index (χ1) is 16.5. The molecule has 0 amide bonds. The molecular formula is C30H35ClN2O2. The van der Waals surface area contributed by atoms with Crippen molar-refractivity contribution in [2.45, 2.75) is 32.1 Å². The Morgan fingerprint density at radius 1 is 1.11 bits per heavy atom. The van der Waals surface area contributed by atoms with Crippen LogP contribution in [0.15, 0.2) is 77.8 Å². The summed E-state index contributed by atoms with van der Waals surface area (Å²) in [6.45, 7) is 2.63. The van der Waals surface area contributed by atoms with Crippen LogP contribution in [-0.2, 0) is 4.79 Å². The van der Waals surface area contributed by atoms with Gasteiger partial charge in [-0.3, -0.25) is 9.79 Å². The maximum absolute atomic E-state index is 13.9. The number of halogens is 1. The Kier molecular flexibility index (Phi) is 7.93. The highest BCUT2D eigenvalue weighted by Gasteiger charge is 2.42. The third-order valence-electron chi connectivity index (χ3n) is 7.74. The summed E-state index contributed by atoms with van der Waals surface area (Å²) in [5, 5.41) is 10.7. The second kappa shape index (κ2) is 10.9. The number of hydrogen-bond donors (Lipinski definition) is 1. The SMILES string of the molecule is CN1CCCC(CC2CC(=O)C3(C=C(c4ccccc4)C=CC3)CN=C2c2ccccc2O)C1.Cl. The van der Waals surface area contributed by atoms with E-state index >= 15 is 0 Å². The zero-order valence-electron chi connectivity index (χ0n) is 20.4. The van der Waals surface area contributed by atoms with Gasteiger partial charge in [-0.1, -0.05) is 60.7 Å². The minimum absolute atomic E-state index is 0. The summed E-state index contributed by atoms with van der Waals surface area (Å²) in [6, 6.07) is 17.7. The molecule has 2 aromatic rings. The molecule has 1 aliphatic carbocycles. The van der Waals surface area contributed by atoms with Crippen molar-refractivity contribution in [3.63, 3.8) is 0 Å². The van der Waals surface area contributed by atoms with Crippen molar-refractivity contribution in [3.8, 4) is 5.75 Å². The predicted molar refractivity (Wildman–Crippen MR) is 145 cm³/mol. The number of likely N-dealkylation sites (tertiary alicyclic amines) is 1. The summed E-state index contributed by atoms with van der Waals surface area (Å²) in [5.74, 6) is 1.09. The normalized spacial score (nSPS) is 27.1. The van der Waals surface area contributed by atoms with Crippen LogP contribution in [0, 0.1) is 17.3 Å². The van der Waals surface area contributed by atoms with Gasteiger partial charge in [-0.15, -0.1) is 12.4 Å². The molecule has 35 heavy (non-hydrogen) atoms. The molecule has 0 bridgehead atoms. The van der Waals surface area contributed by atoms with Crippen molar-refractivity contribution in [2.24, 2.45) is 22.2 Å². The number of nitrogens with zero attached hydrogens (tertiary/aromatic N) is 2. The second-order valence-electron chi connectivity index (χ2n) is 10.3. The standard InChI is InChI=1S/C30H34N2O2.ClH/c1-32-16-8-9-22(20-32)17-25-18-28(34)30(21-31-29(25)26-13-5-6-14-27(26)33)15-7-12-24(19-30)23-10-3-2-4-11-23;/h2-7,10-14,19,22,25,33H,8-9,15-18,20-21H2,1H3;1H. The predicted octanol–water partition coefficient (Wildman–Crippen LogP) is 5.95. The lowest BCUT2D eigenvalue weighted by Crippen LogP contribution is -2.35. The minimum atomic E-state index is -0.617. The van der Waals surface area contributed by atoms with Crippen LogP contribution >= 0.6 is 12.4 Å². The van der Waals surface area contributed by atoms with Crippen molar-refractivity contribution in [1.29, 1.82) is 0 Å². The van der Waals surface area contributed by atoms with Gasteiger partial charge in [0.05, 0.1) is 12.0 Å². The smallest absolute Gasteiger partial charge is 0.145 e. The Labute approximate surface area is 214 Å². The maximum atomic E-state index is 13.9. The van der Waals surface area contributed by atoms with Crippen molar-refractivity contribution in [3.05, 3.63) is 84.0 Å². The molecule has 0 radical (unpaired) electrons. The van der Waals surface area contributed by atoms with Gasteiger partial charge in [0.2, 0.25) is 0 Å². The first kappa shape index (κ1) is 25.4. The van der Waals surface area contributed by atoms with E-state index in [0.717, 1.165) is 41.9 Å². The number of phenols is 1. The van der Waals surface area contributed by atoms with Gasteiger partial charge in [0.25, 0.3) is 0 Å². The van der Waals surface area contributed by atoms with Gasteiger partial charge in [0, 0.05) is 30.2 Å². The van der Waals surface area contributed by atoms with E-state index in [1.165, 1.54) is 12.8 Å². The molecule has 184 valence electrons. The Balaban J connectivity index is 0.00000289. The number of Topliss-reactive ketones (excluding diaryl/α,β-unsaturated/α-hetero) is 1. The van der Waals surface area contributed by atoms with Gasteiger partial charge < -0.3 is 10.0 Å². The Morgan fingerprint density at radius 2 is 1.89 bits per heavy atom. The first-order valence-electron chi connectivity index (χ1n) is 12.5. The molecule has 5 rings (SSSR count). The third kappa shape index (κ3) is 5.44. The largest absolute Gasteiger partial charge is 0.507 e. The highest BCUT2D eigenvalue weighted by molar-refractivity contribution is 6.08. The first-order valence-corrected chi connectivity index (χ1v) is 12.5. The van der Waals surface area contributed by atoms with E-state index < -0.39 is 5.41 Å². The third-order valence-corrected chi connectivity index (χ3v) is 7.74.